The fraction of sp³-hybridized carbons (Fsp3) is 0.522. The molecule has 1 amide bonds. The first kappa shape index (κ1) is 22.8. The van der Waals surface area contributed by atoms with E-state index in [1.54, 1.807) is 11.0 Å². The summed E-state index contributed by atoms with van der Waals surface area (Å²) >= 11 is 0. The van der Waals surface area contributed by atoms with Crippen LogP contribution >= 0.6 is 0 Å². The number of hydrogen-bond acceptors (Lipinski definition) is 6. The van der Waals surface area contributed by atoms with Gasteiger partial charge in [-0.1, -0.05) is 17.9 Å². The molecular weight excluding hydrogens is 396 g/mol. The largest absolute Gasteiger partial charge is 0.444 e. The Morgan fingerprint density at radius 3 is 2.94 bits per heavy atom. The number of nitrogens with zero attached hydrogens (tertiary/aromatic N) is 3. The van der Waals surface area contributed by atoms with E-state index in [0.29, 0.717) is 30.8 Å². The molecule has 0 aliphatic carbocycles. The number of hydrogen-bond donors (Lipinski definition) is 1. The Bertz CT molecular complexity index is 904. The van der Waals surface area contributed by atoms with E-state index in [1.807, 2.05) is 39.0 Å². The number of nitrogens with one attached hydrogen (secondary N) is 1. The molecule has 0 radical (unpaired) electrons. The summed E-state index contributed by atoms with van der Waals surface area (Å²) in [6.07, 6.45) is 6.24. The number of aromatic nitrogens is 3. The topological polar surface area (TPSA) is 87.5 Å². The van der Waals surface area contributed by atoms with Crippen molar-refractivity contribution in [3.05, 3.63) is 42.0 Å². The highest BCUT2D eigenvalue weighted by molar-refractivity contribution is 5.87. The predicted octanol–water partition coefficient (Wildman–Crippen LogP) is 3.96. The first-order chi connectivity index (χ1) is 14.9. The van der Waals surface area contributed by atoms with Gasteiger partial charge < -0.3 is 14.2 Å². The highest BCUT2D eigenvalue weighted by Crippen LogP contribution is 2.19. The standard InChI is InChI=1S/C23H30N4O4/c1-23(2,3)31-22(28)26-20-11-10-18(15-27-17-24-16-25-27)14-19(20)8-4-6-12-29-21-9-5-7-13-30-21/h10-11,14,16-17,21H,5-7,9,12-13,15H2,1-3H3,(H,26,28). The van der Waals surface area contributed by atoms with Crippen LogP contribution in [-0.4, -0.2) is 46.0 Å². The molecule has 0 saturated carbocycles. The molecule has 2 aromatic rings. The van der Waals surface area contributed by atoms with Crippen LogP contribution in [0.15, 0.2) is 30.9 Å². The number of ether oxygens (including phenoxy) is 3. The molecule has 166 valence electrons. The summed E-state index contributed by atoms with van der Waals surface area (Å²) in [5.41, 5.74) is 1.72. The second kappa shape index (κ2) is 10.9. The van der Waals surface area contributed by atoms with E-state index in [9.17, 15) is 4.79 Å². The fourth-order valence-electron chi connectivity index (χ4n) is 3.06. The monoisotopic (exact) mass is 426 g/mol. The molecule has 8 nitrogen and oxygen atoms in total. The van der Waals surface area contributed by atoms with Gasteiger partial charge in [0.05, 0.1) is 18.8 Å². The molecular formula is C23H30N4O4. The van der Waals surface area contributed by atoms with Gasteiger partial charge in [-0.15, -0.1) is 0 Å². The minimum atomic E-state index is -0.582. The molecule has 1 aromatic heterocycles. The van der Waals surface area contributed by atoms with E-state index < -0.39 is 11.7 Å². The summed E-state index contributed by atoms with van der Waals surface area (Å²) in [4.78, 5) is 16.2. The zero-order valence-electron chi connectivity index (χ0n) is 18.4. The smallest absolute Gasteiger partial charge is 0.412 e. The zero-order valence-corrected chi connectivity index (χ0v) is 18.4. The quantitative estimate of drug-likeness (QED) is 0.556. The molecule has 0 bridgehead atoms. The van der Waals surface area contributed by atoms with Crippen molar-refractivity contribution < 1.29 is 19.0 Å². The van der Waals surface area contributed by atoms with Gasteiger partial charge in [0.1, 0.15) is 18.3 Å². The molecule has 0 spiro atoms. The van der Waals surface area contributed by atoms with E-state index in [4.69, 9.17) is 14.2 Å². The van der Waals surface area contributed by atoms with E-state index in [1.165, 1.54) is 6.33 Å². The van der Waals surface area contributed by atoms with Gasteiger partial charge in [0.25, 0.3) is 0 Å². The van der Waals surface area contributed by atoms with Gasteiger partial charge in [0, 0.05) is 18.6 Å². The van der Waals surface area contributed by atoms with E-state index in [-0.39, 0.29) is 6.29 Å². The molecule has 1 aliphatic rings. The summed E-state index contributed by atoms with van der Waals surface area (Å²) in [6.45, 7) is 7.29. The molecule has 1 saturated heterocycles. The van der Waals surface area contributed by atoms with Gasteiger partial charge >= 0.3 is 6.09 Å². The highest BCUT2D eigenvalue weighted by atomic mass is 16.7. The number of rotatable bonds is 6. The van der Waals surface area contributed by atoms with Gasteiger partial charge in [-0.25, -0.2) is 14.5 Å². The third-order valence-corrected chi connectivity index (χ3v) is 4.42. The van der Waals surface area contributed by atoms with Crippen molar-refractivity contribution in [2.24, 2.45) is 0 Å². The second-order valence-corrected chi connectivity index (χ2v) is 8.32. The van der Waals surface area contributed by atoms with Crippen LogP contribution in [0.3, 0.4) is 0 Å². The van der Waals surface area contributed by atoms with Gasteiger partial charge in [0.15, 0.2) is 6.29 Å². The Balaban J connectivity index is 1.67. The van der Waals surface area contributed by atoms with Gasteiger partial charge in [-0.3, -0.25) is 5.32 Å². The van der Waals surface area contributed by atoms with Crippen molar-refractivity contribution in [1.29, 1.82) is 0 Å². The van der Waals surface area contributed by atoms with Crippen molar-refractivity contribution in [3.8, 4) is 11.8 Å². The highest BCUT2D eigenvalue weighted by Gasteiger charge is 2.17. The fourth-order valence-corrected chi connectivity index (χ4v) is 3.06. The van der Waals surface area contributed by atoms with Crippen molar-refractivity contribution in [1.82, 2.24) is 14.8 Å². The van der Waals surface area contributed by atoms with Crippen LogP contribution in [0.4, 0.5) is 10.5 Å². The average molecular weight is 427 g/mol. The maximum atomic E-state index is 12.2. The van der Waals surface area contributed by atoms with E-state index in [2.05, 4.69) is 27.2 Å². The molecule has 1 aromatic carbocycles. The number of amides is 1. The van der Waals surface area contributed by atoms with Crippen LogP contribution in [0, 0.1) is 11.8 Å². The predicted molar refractivity (Wildman–Crippen MR) is 116 cm³/mol. The molecule has 31 heavy (non-hydrogen) atoms. The second-order valence-electron chi connectivity index (χ2n) is 8.32. The van der Waals surface area contributed by atoms with Crippen LogP contribution in [0.2, 0.25) is 0 Å². The van der Waals surface area contributed by atoms with Crippen LogP contribution in [-0.2, 0) is 20.8 Å². The Morgan fingerprint density at radius 1 is 1.35 bits per heavy atom. The first-order valence-electron chi connectivity index (χ1n) is 10.6. The molecule has 1 atom stereocenters. The molecule has 8 heteroatoms. The lowest BCUT2D eigenvalue weighted by molar-refractivity contribution is -0.161. The van der Waals surface area contributed by atoms with Crippen molar-refractivity contribution in [2.45, 2.75) is 64.9 Å². The molecule has 1 N–H and O–H groups in total. The minimum Gasteiger partial charge on any atom is -0.444 e. The number of benzene rings is 1. The van der Waals surface area contributed by atoms with Gasteiger partial charge in [0.2, 0.25) is 0 Å². The SMILES string of the molecule is CC(C)(C)OC(=O)Nc1ccc(Cn2cncn2)cc1C#CCCOC1CCCCO1. The van der Waals surface area contributed by atoms with Crippen LogP contribution in [0.25, 0.3) is 0 Å². The van der Waals surface area contributed by atoms with Crippen molar-refractivity contribution in [3.63, 3.8) is 0 Å². The molecule has 3 rings (SSSR count). The molecule has 2 heterocycles. The zero-order chi connectivity index (χ0) is 22.1. The summed E-state index contributed by atoms with van der Waals surface area (Å²) in [5, 5.41) is 6.93. The van der Waals surface area contributed by atoms with Crippen LogP contribution in [0.1, 0.15) is 57.6 Å². The van der Waals surface area contributed by atoms with Crippen molar-refractivity contribution >= 4 is 11.8 Å². The maximum absolute atomic E-state index is 12.2. The Morgan fingerprint density at radius 2 is 2.23 bits per heavy atom. The summed E-state index contributed by atoms with van der Waals surface area (Å²) in [5.74, 6) is 6.28. The first-order valence-corrected chi connectivity index (χ1v) is 10.6. The van der Waals surface area contributed by atoms with E-state index >= 15 is 0 Å². The lowest BCUT2D eigenvalue weighted by Gasteiger charge is -2.22. The number of carbonyl (C=O) groups excluding carboxylic acids is 1. The average Bonchev–Trinajstić information content (AvgIpc) is 3.22. The normalized spacial score (nSPS) is 16.3. The van der Waals surface area contributed by atoms with Gasteiger partial charge in [-0.05, 0) is 57.7 Å². The van der Waals surface area contributed by atoms with E-state index in [0.717, 1.165) is 31.4 Å². The Kier molecular flexibility index (Phi) is 8.04. The van der Waals surface area contributed by atoms with Gasteiger partial charge in [-0.2, -0.15) is 5.10 Å². The molecule has 1 fully saturated rings. The number of carbonyl (C=O) groups is 1. The summed E-state index contributed by atoms with van der Waals surface area (Å²) in [6, 6.07) is 5.68. The maximum Gasteiger partial charge on any atom is 0.412 e. The lowest BCUT2D eigenvalue weighted by atomic mass is 10.1. The van der Waals surface area contributed by atoms with Crippen molar-refractivity contribution in [2.75, 3.05) is 18.5 Å². The number of anilines is 1. The summed E-state index contributed by atoms with van der Waals surface area (Å²) < 4.78 is 18.4. The summed E-state index contributed by atoms with van der Waals surface area (Å²) in [7, 11) is 0. The third kappa shape index (κ3) is 8.04. The minimum absolute atomic E-state index is 0.119. The third-order valence-electron chi connectivity index (χ3n) is 4.42. The molecule has 1 aliphatic heterocycles. The van der Waals surface area contributed by atoms with Crippen LogP contribution < -0.4 is 5.32 Å². The Hall–Kier alpha value is -2.89. The Labute approximate surface area is 183 Å². The van der Waals surface area contributed by atoms with Crippen LogP contribution in [0.5, 0.6) is 0 Å². The lowest BCUT2D eigenvalue weighted by Crippen LogP contribution is -2.27. The molecule has 1 unspecified atom stereocenters.